The first-order valence-electron chi connectivity index (χ1n) is 10.1. The molecule has 0 aromatic rings. The summed E-state index contributed by atoms with van der Waals surface area (Å²) in [4.78, 5) is 36.2. The Morgan fingerprint density at radius 2 is 1.90 bits per heavy atom. The fraction of sp³-hybridized carbons (Fsp3) is 0.650. The average molecular weight is 443 g/mol. The van der Waals surface area contributed by atoms with Gasteiger partial charge in [-0.2, -0.15) is 0 Å². The van der Waals surface area contributed by atoms with Crippen molar-refractivity contribution < 1.29 is 49.0 Å². The maximum atomic E-state index is 11.9. The van der Waals surface area contributed by atoms with Crippen molar-refractivity contribution in [2.24, 2.45) is 0 Å². The highest BCUT2D eigenvalue weighted by atomic mass is 16.6. The molecule has 2 rings (SSSR count). The molecular weight excluding hydrogens is 414 g/mol. The van der Waals surface area contributed by atoms with E-state index in [0.29, 0.717) is 12.8 Å². The largest absolute Gasteiger partial charge is 0.478 e. The van der Waals surface area contributed by atoms with Crippen LogP contribution in [0.1, 0.15) is 39.5 Å². The molecule has 1 saturated heterocycles. The number of rotatable bonds is 10. The van der Waals surface area contributed by atoms with E-state index < -0.39 is 61.6 Å². The van der Waals surface area contributed by atoms with Crippen molar-refractivity contribution in [2.75, 3.05) is 6.61 Å². The molecule has 2 aliphatic heterocycles. The highest BCUT2D eigenvalue weighted by molar-refractivity contribution is 5.87. The van der Waals surface area contributed by atoms with Gasteiger partial charge in [0.15, 0.2) is 12.3 Å². The number of carbonyl (C=O) groups excluding carboxylic acids is 2. The lowest BCUT2D eigenvalue weighted by atomic mass is 10.1. The minimum Gasteiger partial charge on any atom is -0.478 e. The third kappa shape index (κ3) is 6.50. The molecule has 0 amide bonds. The molecule has 0 spiro atoms. The van der Waals surface area contributed by atoms with Crippen molar-refractivity contribution in [1.29, 1.82) is 0 Å². The van der Waals surface area contributed by atoms with E-state index in [1.807, 2.05) is 13.8 Å². The van der Waals surface area contributed by atoms with Crippen LogP contribution in [-0.2, 0) is 28.6 Å². The van der Waals surface area contributed by atoms with Crippen molar-refractivity contribution in [3.8, 4) is 0 Å². The van der Waals surface area contributed by atoms with Gasteiger partial charge < -0.3 is 39.5 Å². The molecule has 0 saturated carbocycles. The second-order valence-corrected chi connectivity index (χ2v) is 7.32. The van der Waals surface area contributed by atoms with E-state index >= 15 is 0 Å². The van der Waals surface area contributed by atoms with E-state index in [9.17, 15) is 29.7 Å². The van der Waals surface area contributed by atoms with Gasteiger partial charge in [-0.1, -0.05) is 19.9 Å². The number of aliphatic carboxylic acids is 1. The zero-order valence-corrected chi connectivity index (χ0v) is 17.4. The number of hydrogen-bond acceptors (Lipinski definition) is 10. The lowest BCUT2D eigenvalue weighted by Crippen LogP contribution is -2.40. The third-order valence-corrected chi connectivity index (χ3v) is 5.06. The quantitative estimate of drug-likeness (QED) is 0.326. The van der Waals surface area contributed by atoms with Gasteiger partial charge in [-0.25, -0.2) is 9.59 Å². The molecule has 0 aromatic heterocycles. The van der Waals surface area contributed by atoms with E-state index in [-0.39, 0.29) is 18.1 Å². The van der Waals surface area contributed by atoms with Gasteiger partial charge in [0.2, 0.25) is 0 Å². The zero-order chi connectivity index (χ0) is 23.1. The number of carboxylic acid groups (broad SMARTS) is 1. The molecule has 1 fully saturated rings. The molecule has 0 aromatic carbocycles. The van der Waals surface area contributed by atoms with Gasteiger partial charge in [0.25, 0.3) is 0 Å². The number of ether oxygens (including phenoxy) is 3. The van der Waals surface area contributed by atoms with Crippen LogP contribution in [0.3, 0.4) is 0 Å². The first-order chi connectivity index (χ1) is 14.7. The molecule has 2 heterocycles. The van der Waals surface area contributed by atoms with Crippen LogP contribution in [0.25, 0.3) is 0 Å². The Morgan fingerprint density at radius 1 is 1.23 bits per heavy atom. The number of carboxylic acids is 1. The second kappa shape index (κ2) is 11.2. The lowest BCUT2D eigenvalue weighted by molar-refractivity contribution is -0.166. The first-order valence-corrected chi connectivity index (χ1v) is 10.1. The van der Waals surface area contributed by atoms with Crippen LogP contribution < -0.4 is 0 Å². The van der Waals surface area contributed by atoms with E-state index in [1.165, 1.54) is 17.3 Å². The highest BCUT2D eigenvalue weighted by Crippen LogP contribution is 2.27. The summed E-state index contributed by atoms with van der Waals surface area (Å²) in [6, 6.07) is 0. The zero-order valence-electron chi connectivity index (χ0n) is 17.4. The van der Waals surface area contributed by atoms with Crippen LogP contribution in [0.4, 0.5) is 0 Å². The number of aliphatic hydroxyl groups excluding tert-OH is 3. The Bertz CT molecular complexity index is 717. The Kier molecular flexibility index (Phi) is 8.99. The van der Waals surface area contributed by atoms with Crippen molar-refractivity contribution >= 4 is 17.9 Å². The van der Waals surface area contributed by atoms with Crippen LogP contribution in [0, 0.1) is 0 Å². The molecule has 0 radical (unpaired) electrons. The van der Waals surface area contributed by atoms with Gasteiger partial charge in [-0.15, -0.1) is 0 Å². The van der Waals surface area contributed by atoms with E-state index in [1.54, 1.807) is 6.08 Å². The number of esters is 2. The van der Waals surface area contributed by atoms with Crippen molar-refractivity contribution in [3.05, 3.63) is 24.0 Å². The predicted octanol–water partition coefficient (Wildman–Crippen LogP) is -0.353. The van der Waals surface area contributed by atoms with Crippen LogP contribution in [0.15, 0.2) is 24.0 Å². The Labute approximate surface area is 179 Å². The topological polar surface area (TPSA) is 163 Å². The SMILES string of the molecule is CCC(CC)OC(=O)[C@@H](O)CC(=O)OC[C@H]1O[C@@H](N2C=CCC(C(=O)O)=C2)[C@H](O)[C@@H]1O. The van der Waals surface area contributed by atoms with Crippen LogP contribution >= 0.6 is 0 Å². The van der Waals surface area contributed by atoms with Crippen molar-refractivity contribution in [2.45, 2.75) is 76.3 Å². The normalized spacial score (nSPS) is 26.5. The molecule has 4 N–H and O–H groups in total. The van der Waals surface area contributed by atoms with E-state index in [2.05, 4.69) is 0 Å². The molecule has 0 aliphatic carbocycles. The molecule has 174 valence electrons. The summed E-state index contributed by atoms with van der Waals surface area (Å²) in [6.07, 6.45) is -1.88. The molecule has 11 nitrogen and oxygen atoms in total. The minimum absolute atomic E-state index is 0.0805. The maximum Gasteiger partial charge on any atom is 0.335 e. The molecule has 0 unspecified atom stereocenters. The Morgan fingerprint density at radius 3 is 2.52 bits per heavy atom. The molecular formula is C20H29NO10. The summed E-state index contributed by atoms with van der Waals surface area (Å²) in [6.45, 7) is 3.22. The summed E-state index contributed by atoms with van der Waals surface area (Å²) in [5, 5.41) is 39.4. The van der Waals surface area contributed by atoms with Gasteiger partial charge >= 0.3 is 17.9 Å². The van der Waals surface area contributed by atoms with Gasteiger partial charge in [0.05, 0.1) is 12.0 Å². The Balaban J connectivity index is 1.86. The molecule has 5 atom stereocenters. The second-order valence-electron chi connectivity index (χ2n) is 7.32. The number of allylic oxidation sites excluding steroid dienone is 1. The van der Waals surface area contributed by atoms with Gasteiger partial charge in [0.1, 0.15) is 31.0 Å². The van der Waals surface area contributed by atoms with Crippen molar-refractivity contribution in [3.63, 3.8) is 0 Å². The van der Waals surface area contributed by atoms with E-state index in [4.69, 9.17) is 19.3 Å². The molecule has 31 heavy (non-hydrogen) atoms. The summed E-state index contributed by atoms with van der Waals surface area (Å²) in [5.41, 5.74) is 0.0805. The highest BCUT2D eigenvalue weighted by Gasteiger charge is 2.45. The maximum absolute atomic E-state index is 11.9. The number of aliphatic hydroxyl groups is 3. The van der Waals surface area contributed by atoms with Crippen molar-refractivity contribution in [1.82, 2.24) is 4.90 Å². The lowest BCUT2D eigenvalue weighted by Gasteiger charge is -2.28. The summed E-state index contributed by atoms with van der Waals surface area (Å²) in [5.74, 6) is -2.95. The number of carbonyl (C=O) groups is 3. The number of nitrogens with zero attached hydrogens (tertiary/aromatic N) is 1. The van der Waals surface area contributed by atoms with Gasteiger partial charge in [0, 0.05) is 18.8 Å². The van der Waals surface area contributed by atoms with Crippen LogP contribution in [-0.4, -0.2) is 86.6 Å². The van der Waals surface area contributed by atoms with E-state index in [0.717, 1.165) is 0 Å². The molecule has 11 heteroatoms. The summed E-state index contributed by atoms with van der Waals surface area (Å²) in [7, 11) is 0. The fourth-order valence-corrected chi connectivity index (χ4v) is 3.16. The fourth-order valence-electron chi connectivity index (χ4n) is 3.16. The van der Waals surface area contributed by atoms with Gasteiger partial charge in [-0.05, 0) is 12.8 Å². The van der Waals surface area contributed by atoms with Crippen LogP contribution in [0.2, 0.25) is 0 Å². The standard InChI is InChI=1S/C20H29NO10/c1-3-12(4-2)30-20(28)13(22)8-15(23)29-10-14-16(24)17(25)18(31-14)21-7-5-6-11(9-21)19(26)27/h5,7,9,12-14,16-18,22,24-25H,3-4,6,8,10H2,1-2H3,(H,26,27)/t13-,14+,16+,17+,18+/m0/s1. The molecule has 0 bridgehead atoms. The smallest absolute Gasteiger partial charge is 0.335 e. The average Bonchev–Trinajstić information content (AvgIpc) is 3.04. The Hall–Kier alpha value is -2.47. The third-order valence-electron chi connectivity index (χ3n) is 5.06. The minimum atomic E-state index is -1.68. The first kappa shape index (κ1) is 24.8. The summed E-state index contributed by atoms with van der Waals surface area (Å²) < 4.78 is 15.6. The van der Waals surface area contributed by atoms with Crippen LogP contribution in [0.5, 0.6) is 0 Å². The summed E-state index contributed by atoms with van der Waals surface area (Å²) >= 11 is 0. The predicted molar refractivity (Wildman–Crippen MR) is 104 cm³/mol. The number of hydrogen-bond donors (Lipinski definition) is 4. The molecule has 2 aliphatic rings. The monoisotopic (exact) mass is 443 g/mol. The van der Waals surface area contributed by atoms with Gasteiger partial charge in [-0.3, -0.25) is 4.79 Å².